The van der Waals surface area contributed by atoms with E-state index < -0.39 is 6.03 Å². The minimum Gasteiger partial charge on any atom is -0.490 e. The summed E-state index contributed by atoms with van der Waals surface area (Å²) in [6.45, 7) is 5.12. The second kappa shape index (κ2) is 7.97. The van der Waals surface area contributed by atoms with E-state index in [4.69, 9.17) is 15.2 Å². The van der Waals surface area contributed by atoms with E-state index >= 15 is 0 Å². The van der Waals surface area contributed by atoms with Gasteiger partial charge in [0, 0.05) is 0 Å². The van der Waals surface area contributed by atoms with Crippen LogP contribution in [0, 0.1) is 0 Å². The predicted molar refractivity (Wildman–Crippen MR) is 73.7 cm³/mol. The number of nitrogens with two attached hydrogens (primary N) is 1. The molecule has 0 saturated heterocycles. The highest BCUT2D eigenvalue weighted by Gasteiger charge is 2.05. The zero-order valence-electron chi connectivity index (χ0n) is 11.2. The van der Waals surface area contributed by atoms with Gasteiger partial charge in [0.05, 0.1) is 19.4 Å². The topological polar surface area (TPSA) is 85.9 Å². The van der Waals surface area contributed by atoms with Gasteiger partial charge >= 0.3 is 6.03 Å². The van der Waals surface area contributed by atoms with Crippen molar-refractivity contribution >= 4 is 12.2 Å². The second-order valence-electron chi connectivity index (χ2n) is 3.72. The van der Waals surface area contributed by atoms with Crippen molar-refractivity contribution < 1.29 is 14.3 Å². The maximum Gasteiger partial charge on any atom is 0.332 e. The first kappa shape index (κ1) is 14.8. The summed E-state index contributed by atoms with van der Waals surface area (Å²) in [6, 6.07) is 4.72. The van der Waals surface area contributed by atoms with Crippen LogP contribution in [0.4, 0.5) is 4.79 Å². The van der Waals surface area contributed by atoms with Crippen LogP contribution in [0.2, 0.25) is 0 Å². The first-order chi connectivity index (χ1) is 9.17. The van der Waals surface area contributed by atoms with Crippen molar-refractivity contribution in [2.45, 2.75) is 20.3 Å². The van der Waals surface area contributed by atoms with Crippen LogP contribution in [-0.2, 0) is 0 Å². The SMILES string of the molecule is CCCOc1ccc(/C=N/NC(N)=O)cc1OCC. The summed E-state index contributed by atoms with van der Waals surface area (Å²) in [5, 5.41) is 3.69. The van der Waals surface area contributed by atoms with Gasteiger partial charge in [0.15, 0.2) is 11.5 Å². The number of hydrazone groups is 1. The van der Waals surface area contributed by atoms with Gasteiger partial charge in [-0.3, -0.25) is 0 Å². The summed E-state index contributed by atoms with van der Waals surface area (Å²) in [6.07, 6.45) is 2.41. The van der Waals surface area contributed by atoms with Crippen molar-refractivity contribution in [3.8, 4) is 11.5 Å². The van der Waals surface area contributed by atoms with Gasteiger partial charge < -0.3 is 15.2 Å². The van der Waals surface area contributed by atoms with E-state index in [1.807, 2.05) is 26.0 Å². The predicted octanol–water partition coefficient (Wildman–Crippen LogP) is 1.88. The van der Waals surface area contributed by atoms with Crippen LogP contribution in [0.5, 0.6) is 11.5 Å². The molecule has 0 bridgehead atoms. The lowest BCUT2D eigenvalue weighted by molar-refractivity contribution is 0.249. The van der Waals surface area contributed by atoms with Crippen LogP contribution >= 0.6 is 0 Å². The Labute approximate surface area is 112 Å². The molecule has 1 rings (SSSR count). The molecule has 0 fully saturated rings. The lowest BCUT2D eigenvalue weighted by Crippen LogP contribution is -2.24. The number of nitrogens with one attached hydrogen (secondary N) is 1. The fraction of sp³-hybridized carbons (Fsp3) is 0.385. The Morgan fingerprint density at radius 1 is 1.37 bits per heavy atom. The highest BCUT2D eigenvalue weighted by atomic mass is 16.5. The largest absolute Gasteiger partial charge is 0.490 e. The lowest BCUT2D eigenvalue weighted by Gasteiger charge is -2.11. The van der Waals surface area contributed by atoms with Crippen molar-refractivity contribution in [1.29, 1.82) is 0 Å². The molecule has 0 atom stereocenters. The zero-order chi connectivity index (χ0) is 14.1. The maximum atomic E-state index is 10.5. The van der Waals surface area contributed by atoms with Gasteiger partial charge in [-0.15, -0.1) is 0 Å². The van der Waals surface area contributed by atoms with Gasteiger partial charge in [-0.1, -0.05) is 6.92 Å². The minimum absolute atomic E-state index is 0.544. The molecule has 6 nitrogen and oxygen atoms in total. The van der Waals surface area contributed by atoms with Gasteiger partial charge in [0.25, 0.3) is 0 Å². The molecule has 0 aliphatic carbocycles. The Hall–Kier alpha value is -2.24. The minimum atomic E-state index is -0.704. The Morgan fingerprint density at radius 3 is 2.79 bits per heavy atom. The molecular formula is C13H19N3O3. The number of urea groups is 1. The van der Waals surface area contributed by atoms with E-state index in [-0.39, 0.29) is 0 Å². The number of nitrogens with zero attached hydrogens (tertiary/aromatic N) is 1. The Balaban J connectivity index is 2.82. The van der Waals surface area contributed by atoms with Gasteiger partial charge in [-0.2, -0.15) is 5.10 Å². The fourth-order valence-electron chi connectivity index (χ4n) is 1.37. The Morgan fingerprint density at radius 2 is 2.16 bits per heavy atom. The van der Waals surface area contributed by atoms with Crippen molar-refractivity contribution in [3.63, 3.8) is 0 Å². The van der Waals surface area contributed by atoms with E-state index in [1.54, 1.807) is 6.07 Å². The highest BCUT2D eigenvalue weighted by molar-refractivity contribution is 5.82. The van der Waals surface area contributed by atoms with Gasteiger partial charge in [-0.25, -0.2) is 10.2 Å². The summed E-state index contributed by atoms with van der Waals surface area (Å²) in [4.78, 5) is 10.5. The molecule has 0 aliphatic rings. The van der Waals surface area contributed by atoms with Crippen molar-refractivity contribution in [2.24, 2.45) is 10.8 Å². The normalized spacial score (nSPS) is 10.4. The summed E-state index contributed by atoms with van der Waals surface area (Å²) >= 11 is 0. The number of carbonyl (C=O) groups excluding carboxylic acids is 1. The molecule has 0 heterocycles. The molecule has 104 valence electrons. The summed E-state index contributed by atoms with van der Waals surface area (Å²) in [5.41, 5.74) is 7.81. The second-order valence-corrected chi connectivity index (χ2v) is 3.72. The number of hydrogen-bond donors (Lipinski definition) is 2. The van der Waals surface area contributed by atoms with Gasteiger partial charge in [0.1, 0.15) is 0 Å². The van der Waals surface area contributed by atoms with Crippen LogP contribution in [0.3, 0.4) is 0 Å². The fourth-order valence-corrected chi connectivity index (χ4v) is 1.37. The van der Waals surface area contributed by atoms with Gasteiger partial charge in [-0.05, 0) is 37.1 Å². The first-order valence-corrected chi connectivity index (χ1v) is 6.15. The molecule has 3 N–H and O–H groups in total. The third-order valence-electron chi connectivity index (χ3n) is 2.12. The Kier molecular flexibility index (Phi) is 6.21. The van der Waals surface area contributed by atoms with E-state index in [0.717, 1.165) is 12.0 Å². The van der Waals surface area contributed by atoms with Crippen molar-refractivity contribution in [2.75, 3.05) is 13.2 Å². The summed E-state index contributed by atoms with van der Waals surface area (Å²) in [5.74, 6) is 1.35. The molecule has 2 amide bonds. The van der Waals surface area contributed by atoms with Crippen LogP contribution in [-0.4, -0.2) is 25.5 Å². The van der Waals surface area contributed by atoms with E-state index in [2.05, 4.69) is 10.5 Å². The quantitative estimate of drug-likeness (QED) is 0.583. The molecular weight excluding hydrogens is 246 g/mol. The number of hydrogen-bond acceptors (Lipinski definition) is 4. The van der Waals surface area contributed by atoms with Crippen LogP contribution < -0.4 is 20.6 Å². The maximum absolute atomic E-state index is 10.5. The summed E-state index contributed by atoms with van der Waals surface area (Å²) in [7, 11) is 0. The number of rotatable bonds is 7. The standard InChI is InChI=1S/C13H19N3O3/c1-3-7-19-11-6-5-10(8-12(11)18-4-2)9-15-16-13(14)17/h5-6,8-9H,3-4,7H2,1-2H3,(H3,14,16,17)/b15-9+. The molecule has 0 aromatic heterocycles. The number of amides is 2. The Bertz CT molecular complexity index is 447. The number of ether oxygens (including phenoxy) is 2. The number of benzene rings is 1. The third-order valence-corrected chi connectivity index (χ3v) is 2.12. The molecule has 0 saturated carbocycles. The molecule has 0 unspecified atom stereocenters. The molecule has 1 aromatic carbocycles. The summed E-state index contributed by atoms with van der Waals surface area (Å²) < 4.78 is 11.1. The van der Waals surface area contributed by atoms with Crippen LogP contribution in [0.15, 0.2) is 23.3 Å². The van der Waals surface area contributed by atoms with Crippen molar-refractivity contribution in [1.82, 2.24) is 5.43 Å². The molecule has 6 heteroatoms. The average Bonchev–Trinajstić information content (AvgIpc) is 2.38. The molecule has 1 aromatic rings. The molecule has 0 spiro atoms. The molecule has 0 aliphatic heterocycles. The van der Waals surface area contributed by atoms with E-state index in [1.165, 1.54) is 6.21 Å². The number of carbonyl (C=O) groups is 1. The average molecular weight is 265 g/mol. The van der Waals surface area contributed by atoms with Gasteiger partial charge in [0.2, 0.25) is 0 Å². The zero-order valence-corrected chi connectivity index (χ0v) is 11.2. The molecule has 0 radical (unpaired) electrons. The van der Waals surface area contributed by atoms with E-state index in [0.29, 0.717) is 24.7 Å². The first-order valence-electron chi connectivity index (χ1n) is 6.15. The molecule has 19 heavy (non-hydrogen) atoms. The smallest absolute Gasteiger partial charge is 0.332 e. The monoisotopic (exact) mass is 265 g/mol. The van der Waals surface area contributed by atoms with Crippen LogP contribution in [0.25, 0.3) is 0 Å². The highest BCUT2D eigenvalue weighted by Crippen LogP contribution is 2.28. The number of primary amides is 1. The van der Waals surface area contributed by atoms with Crippen LogP contribution in [0.1, 0.15) is 25.8 Å². The van der Waals surface area contributed by atoms with Crippen molar-refractivity contribution in [3.05, 3.63) is 23.8 Å². The third kappa shape index (κ3) is 5.29. The van der Waals surface area contributed by atoms with E-state index in [9.17, 15) is 4.79 Å². The lowest BCUT2D eigenvalue weighted by atomic mass is 10.2.